The molecule has 0 bridgehead atoms. The number of carboxylic acid groups (broad SMARTS) is 1. The lowest BCUT2D eigenvalue weighted by atomic mass is 10.0. The Bertz CT molecular complexity index is 897. The Balaban J connectivity index is 2.46. The first-order valence-electron chi connectivity index (χ1n) is 8.04. The fourth-order valence-electron chi connectivity index (χ4n) is 2.65. The highest BCUT2D eigenvalue weighted by molar-refractivity contribution is 5.82. The topological polar surface area (TPSA) is 121 Å². The lowest BCUT2D eigenvalue weighted by Gasteiger charge is -2.20. The van der Waals surface area contributed by atoms with Gasteiger partial charge in [-0.2, -0.15) is 0 Å². The molecule has 0 aliphatic rings. The second-order valence-corrected chi connectivity index (χ2v) is 6.23. The summed E-state index contributed by atoms with van der Waals surface area (Å²) in [6.45, 7) is 3.68. The van der Waals surface area contributed by atoms with Gasteiger partial charge in [-0.1, -0.05) is 26.0 Å². The molecule has 0 saturated carbocycles. The number of carbonyl (C=O) groups is 2. The van der Waals surface area contributed by atoms with Gasteiger partial charge in [0.05, 0.1) is 17.3 Å². The first-order chi connectivity index (χ1) is 11.8. The molecule has 8 nitrogen and oxygen atoms in total. The predicted molar refractivity (Wildman–Crippen MR) is 92.6 cm³/mol. The Hall–Kier alpha value is -2.90. The van der Waals surface area contributed by atoms with Crippen molar-refractivity contribution in [1.82, 2.24) is 14.9 Å². The molecule has 0 spiro atoms. The Morgan fingerprint density at radius 3 is 2.56 bits per heavy atom. The van der Waals surface area contributed by atoms with E-state index in [2.05, 4.69) is 10.3 Å². The monoisotopic (exact) mass is 347 g/mol. The van der Waals surface area contributed by atoms with Crippen molar-refractivity contribution in [2.24, 2.45) is 5.92 Å². The van der Waals surface area contributed by atoms with Crippen LogP contribution in [0.2, 0.25) is 0 Å². The number of fused-ring (bicyclic) bond motifs is 1. The Morgan fingerprint density at radius 1 is 1.24 bits per heavy atom. The van der Waals surface area contributed by atoms with Crippen molar-refractivity contribution in [3.63, 3.8) is 0 Å². The van der Waals surface area contributed by atoms with Gasteiger partial charge < -0.3 is 15.4 Å². The quantitative estimate of drug-likeness (QED) is 0.686. The fourth-order valence-corrected chi connectivity index (χ4v) is 2.65. The van der Waals surface area contributed by atoms with Crippen LogP contribution in [-0.4, -0.2) is 33.1 Å². The summed E-state index contributed by atoms with van der Waals surface area (Å²) in [6.07, 6.45) is 0.0450. The molecule has 3 N–H and O–H groups in total. The predicted octanol–water partition coefficient (Wildman–Crippen LogP) is 0.868. The van der Waals surface area contributed by atoms with Crippen molar-refractivity contribution >= 4 is 22.8 Å². The minimum atomic E-state index is -1.04. The van der Waals surface area contributed by atoms with Gasteiger partial charge in [0.2, 0.25) is 5.91 Å². The zero-order valence-electron chi connectivity index (χ0n) is 14.1. The molecule has 2 aromatic rings. The van der Waals surface area contributed by atoms with E-state index in [1.54, 1.807) is 24.3 Å². The number of rotatable bonds is 7. The third-order valence-electron chi connectivity index (χ3n) is 3.78. The van der Waals surface area contributed by atoms with Crippen LogP contribution in [0.4, 0.5) is 0 Å². The summed E-state index contributed by atoms with van der Waals surface area (Å²) < 4.78 is 0.915. The van der Waals surface area contributed by atoms with Gasteiger partial charge in [0, 0.05) is 6.54 Å². The molecule has 25 heavy (non-hydrogen) atoms. The second-order valence-electron chi connectivity index (χ2n) is 6.23. The summed E-state index contributed by atoms with van der Waals surface area (Å²) in [6, 6.07) is 5.57. The zero-order valence-corrected chi connectivity index (χ0v) is 14.1. The van der Waals surface area contributed by atoms with Gasteiger partial charge in [0.15, 0.2) is 0 Å². The molecule has 0 aliphatic carbocycles. The number of carboxylic acids is 1. The average Bonchev–Trinajstić information content (AvgIpc) is 2.53. The maximum absolute atomic E-state index is 12.7. The van der Waals surface area contributed by atoms with Crippen LogP contribution >= 0.6 is 0 Å². The third kappa shape index (κ3) is 4.34. The zero-order chi connectivity index (χ0) is 18.6. The van der Waals surface area contributed by atoms with Gasteiger partial charge in [-0.3, -0.25) is 14.4 Å². The van der Waals surface area contributed by atoms with E-state index >= 15 is 0 Å². The number of hydrogen-bond donors (Lipinski definition) is 3. The average molecular weight is 347 g/mol. The molecule has 1 aromatic heterocycles. The standard InChI is InChI=1S/C17H21N3O5/c1-10(2)9-13(15(23)18-8-7-14(21)22)20-16(24)11-5-3-4-6-12(11)19-17(20)25/h3-6,10,13H,7-9H2,1-2H3,(H,18,23)(H,19,25)(H,21,22). The van der Waals surface area contributed by atoms with Gasteiger partial charge in [0.25, 0.3) is 5.56 Å². The van der Waals surface area contributed by atoms with Crippen molar-refractivity contribution in [2.45, 2.75) is 32.7 Å². The largest absolute Gasteiger partial charge is 0.481 e. The lowest BCUT2D eigenvalue weighted by molar-refractivity contribution is -0.137. The number of benzene rings is 1. The van der Waals surface area contributed by atoms with E-state index in [-0.39, 0.29) is 25.3 Å². The van der Waals surface area contributed by atoms with Crippen LogP contribution in [0.3, 0.4) is 0 Å². The molecular weight excluding hydrogens is 326 g/mol. The van der Waals surface area contributed by atoms with Crippen LogP contribution in [-0.2, 0) is 9.59 Å². The minimum Gasteiger partial charge on any atom is -0.481 e. The molecule has 0 radical (unpaired) electrons. The smallest absolute Gasteiger partial charge is 0.329 e. The van der Waals surface area contributed by atoms with Crippen LogP contribution in [0.1, 0.15) is 32.7 Å². The summed E-state index contributed by atoms with van der Waals surface area (Å²) >= 11 is 0. The number of hydrogen-bond acceptors (Lipinski definition) is 4. The minimum absolute atomic E-state index is 0.0491. The highest BCUT2D eigenvalue weighted by Crippen LogP contribution is 2.16. The maximum Gasteiger partial charge on any atom is 0.329 e. The highest BCUT2D eigenvalue weighted by Gasteiger charge is 2.25. The van der Waals surface area contributed by atoms with E-state index in [0.717, 1.165) is 4.57 Å². The number of para-hydroxylation sites is 1. The summed E-state index contributed by atoms with van der Waals surface area (Å²) in [4.78, 5) is 50.8. The molecule has 1 heterocycles. The highest BCUT2D eigenvalue weighted by atomic mass is 16.4. The molecule has 0 aliphatic heterocycles. The number of carbonyl (C=O) groups excluding carboxylic acids is 1. The normalized spacial score (nSPS) is 12.3. The molecule has 1 unspecified atom stereocenters. The van der Waals surface area contributed by atoms with Gasteiger partial charge >= 0.3 is 11.7 Å². The van der Waals surface area contributed by atoms with Crippen molar-refractivity contribution in [2.75, 3.05) is 6.54 Å². The molecule has 0 fully saturated rings. The van der Waals surface area contributed by atoms with Gasteiger partial charge in [-0.15, -0.1) is 0 Å². The Morgan fingerprint density at radius 2 is 1.92 bits per heavy atom. The summed E-state index contributed by atoms with van der Waals surface area (Å²) in [5.41, 5.74) is -0.801. The van der Waals surface area contributed by atoms with Crippen LogP contribution in [0.5, 0.6) is 0 Å². The molecule has 0 saturated heterocycles. The maximum atomic E-state index is 12.7. The summed E-state index contributed by atoms with van der Waals surface area (Å²) in [5.74, 6) is -1.53. The molecule has 1 atom stereocenters. The molecule has 1 aromatic carbocycles. The Kier molecular flexibility index (Phi) is 5.74. The van der Waals surface area contributed by atoms with Crippen LogP contribution in [0.25, 0.3) is 10.9 Å². The van der Waals surface area contributed by atoms with Crippen molar-refractivity contribution in [3.8, 4) is 0 Å². The SMILES string of the molecule is CC(C)CC(C(=O)NCCC(=O)O)n1c(=O)[nH]c2ccccc2c1=O. The molecule has 1 amide bonds. The number of nitrogens with one attached hydrogen (secondary N) is 2. The molecule has 134 valence electrons. The molecular formula is C17H21N3O5. The number of aliphatic carboxylic acids is 1. The fraction of sp³-hybridized carbons (Fsp3) is 0.412. The number of nitrogens with zero attached hydrogens (tertiary/aromatic N) is 1. The van der Waals surface area contributed by atoms with Gasteiger partial charge in [0.1, 0.15) is 6.04 Å². The van der Waals surface area contributed by atoms with E-state index in [0.29, 0.717) is 10.9 Å². The van der Waals surface area contributed by atoms with E-state index in [1.165, 1.54) is 0 Å². The number of H-pyrrole nitrogens is 1. The molecule has 2 rings (SSSR count). The third-order valence-corrected chi connectivity index (χ3v) is 3.78. The van der Waals surface area contributed by atoms with Crippen LogP contribution in [0, 0.1) is 5.92 Å². The van der Waals surface area contributed by atoms with E-state index in [9.17, 15) is 19.2 Å². The number of amides is 1. The lowest BCUT2D eigenvalue weighted by Crippen LogP contribution is -2.45. The van der Waals surface area contributed by atoms with Gasteiger partial charge in [-0.05, 0) is 24.5 Å². The first-order valence-corrected chi connectivity index (χ1v) is 8.04. The van der Waals surface area contributed by atoms with E-state index in [4.69, 9.17) is 5.11 Å². The van der Waals surface area contributed by atoms with Crippen LogP contribution in [0.15, 0.2) is 33.9 Å². The van der Waals surface area contributed by atoms with Crippen molar-refractivity contribution < 1.29 is 14.7 Å². The molecule has 8 heteroatoms. The van der Waals surface area contributed by atoms with E-state index in [1.807, 2.05) is 13.8 Å². The van der Waals surface area contributed by atoms with Gasteiger partial charge in [-0.25, -0.2) is 9.36 Å². The van der Waals surface area contributed by atoms with Crippen molar-refractivity contribution in [1.29, 1.82) is 0 Å². The first kappa shape index (κ1) is 18.4. The van der Waals surface area contributed by atoms with Crippen LogP contribution < -0.4 is 16.6 Å². The Labute approximate surface area is 143 Å². The summed E-state index contributed by atoms with van der Waals surface area (Å²) in [5, 5.41) is 11.5. The summed E-state index contributed by atoms with van der Waals surface area (Å²) in [7, 11) is 0. The van der Waals surface area contributed by atoms with Crippen molar-refractivity contribution in [3.05, 3.63) is 45.1 Å². The van der Waals surface area contributed by atoms with E-state index < -0.39 is 29.2 Å². The number of aromatic amines is 1. The number of aromatic nitrogens is 2. The second kappa shape index (κ2) is 7.78.